The topological polar surface area (TPSA) is 136 Å². The molecule has 1 amide bonds. The molecule has 0 rings (SSSR count). The van der Waals surface area contributed by atoms with Crippen molar-refractivity contribution in [1.82, 2.24) is 5.32 Å². The van der Waals surface area contributed by atoms with Crippen molar-refractivity contribution in [3.8, 4) is 0 Å². The van der Waals surface area contributed by atoms with Gasteiger partial charge in [0, 0.05) is 16.4 Å². The maximum atomic E-state index is 11.3. The molecule has 0 saturated carbocycles. The smallest absolute Gasteiger partial charge is 0.407 e. The van der Waals surface area contributed by atoms with Gasteiger partial charge in [-0.05, 0) is 38.8 Å². The Morgan fingerprint density at radius 1 is 1.24 bits per heavy atom. The zero-order chi connectivity index (χ0) is 13.5. The molecule has 0 aliphatic rings. The molecule has 17 heavy (non-hydrogen) atoms. The second kappa shape index (κ2) is 5.83. The summed E-state index contributed by atoms with van der Waals surface area (Å²) >= 11 is 0. The van der Waals surface area contributed by atoms with Gasteiger partial charge in [0.2, 0.25) is 0 Å². The molecule has 0 aromatic carbocycles. The third-order valence-electron chi connectivity index (χ3n) is 1.49. The molecular weight excluding hydrogens is 226 g/mol. The third kappa shape index (κ3) is 6.88. The van der Waals surface area contributed by atoms with Gasteiger partial charge in [0.05, 0.1) is 0 Å². The van der Waals surface area contributed by atoms with Crippen LogP contribution in [-0.2, 0) is 4.74 Å². The van der Waals surface area contributed by atoms with Gasteiger partial charge >= 0.3 is 6.09 Å². The van der Waals surface area contributed by atoms with Gasteiger partial charge < -0.3 is 10.1 Å². The number of alkyl carbamates (subject to hydrolysis) is 1. The number of hydrogen-bond donors (Lipinski definition) is 1. The standard InChI is InChI=1S/C8H15N7O2/c1-7(2,3)17-6(16)11-5-8(4,12-14-9)13-15-10/h5H2,1-4H3,(H,11,16). The van der Waals surface area contributed by atoms with Crippen molar-refractivity contribution in [3.63, 3.8) is 0 Å². The van der Waals surface area contributed by atoms with Crippen molar-refractivity contribution in [2.45, 2.75) is 39.0 Å². The normalized spacial score (nSPS) is 13.6. The van der Waals surface area contributed by atoms with Crippen LogP contribution in [0.4, 0.5) is 4.79 Å². The van der Waals surface area contributed by atoms with Crippen molar-refractivity contribution in [2.24, 2.45) is 10.2 Å². The van der Waals surface area contributed by atoms with Crippen LogP contribution < -0.4 is 5.32 Å². The maximum Gasteiger partial charge on any atom is 0.407 e. The minimum Gasteiger partial charge on any atom is -0.444 e. The minimum absolute atomic E-state index is 0.143. The second-order valence-electron chi connectivity index (χ2n) is 4.45. The molecule has 1 N–H and O–H groups in total. The van der Waals surface area contributed by atoms with Gasteiger partial charge in [-0.1, -0.05) is 10.2 Å². The average molecular weight is 241 g/mol. The van der Waals surface area contributed by atoms with Crippen LogP contribution in [0.2, 0.25) is 0 Å². The van der Waals surface area contributed by atoms with Gasteiger partial charge in [0.15, 0.2) is 0 Å². The molecule has 9 heteroatoms. The van der Waals surface area contributed by atoms with Crippen molar-refractivity contribution in [3.05, 3.63) is 20.9 Å². The summed E-state index contributed by atoms with van der Waals surface area (Å²) in [6.45, 7) is 6.39. The van der Waals surface area contributed by atoms with Crippen molar-refractivity contribution < 1.29 is 9.53 Å². The number of ether oxygens (including phenoxy) is 1. The Labute approximate surface area is 98.4 Å². The van der Waals surface area contributed by atoms with E-state index in [9.17, 15) is 4.79 Å². The van der Waals surface area contributed by atoms with Crippen molar-refractivity contribution in [2.75, 3.05) is 6.54 Å². The maximum absolute atomic E-state index is 11.3. The van der Waals surface area contributed by atoms with Crippen LogP contribution in [0.25, 0.3) is 20.9 Å². The summed E-state index contributed by atoms with van der Waals surface area (Å²) in [5.41, 5.74) is 14.6. The van der Waals surface area contributed by atoms with Gasteiger partial charge in [-0.3, -0.25) is 0 Å². The Bertz CT molecular complexity index is 356. The highest BCUT2D eigenvalue weighted by atomic mass is 16.6. The Morgan fingerprint density at radius 2 is 1.71 bits per heavy atom. The van der Waals surface area contributed by atoms with E-state index in [0.717, 1.165) is 0 Å². The quantitative estimate of drug-likeness (QED) is 0.459. The van der Waals surface area contributed by atoms with E-state index in [0.29, 0.717) is 0 Å². The summed E-state index contributed by atoms with van der Waals surface area (Å²) in [5, 5.41) is 8.97. The number of nitrogens with zero attached hydrogens (tertiary/aromatic N) is 6. The van der Waals surface area contributed by atoms with Crippen LogP contribution in [0.5, 0.6) is 0 Å². The van der Waals surface area contributed by atoms with E-state index in [2.05, 4.69) is 25.4 Å². The van der Waals surface area contributed by atoms with Gasteiger partial charge in [0.25, 0.3) is 0 Å². The van der Waals surface area contributed by atoms with E-state index in [1.54, 1.807) is 20.8 Å². The lowest BCUT2D eigenvalue weighted by atomic mass is 10.2. The lowest BCUT2D eigenvalue weighted by Crippen LogP contribution is -2.40. The molecule has 94 valence electrons. The van der Waals surface area contributed by atoms with E-state index in [-0.39, 0.29) is 6.54 Å². The molecular formula is C8H15N7O2. The van der Waals surface area contributed by atoms with Crippen LogP contribution in [0.3, 0.4) is 0 Å². The lowest BCUT2D eigenvalue weighted by molar-refractivity contribution is 0.0517. The summed E-state index contributed by atoms with van der Waals surface area (Å²) in [6.07, 6.45) is -0.676. The highest BCUT2D eigenvalue weighted by Gasteiger charge is 2.23. The number of carbonyl (C=O) groups is 1. The van der Waals surface area contributed by atoms with Gasteiger partial charge in [-0.25, -0.2) is 4.79 Å². The van der Waals surface area contributed by atoms with E-state index in [1.807, 2.05) is 0 Å². The number of rotatable bonds is 4. The molecule has 0 spiro atoms. The fraction of sp³-hybridized carbons (Fsp3) is 0.875. The SMILES string of the molecule is CC(CNC(=O)OC(C)(C)C)(N=[N+]=[N-])N=[N+]=[N-]. The van der Waals surface area contributed by atoms with E-state index >= 15 is 0 Å². The zero-order valence-corrected chi connectivity index (χ0v) is 10.2. The van der Waals surface area contributed by atoms with Crippen molar-refractivity contribution in [1.29, 1.82) is 0 Å². The fourth-order valence-corrected chi connectivity index (χ4v) is 0.837. The molecule has 0 unspecified atom stereocenters. The largest absolute Gasteiger partial charge is 0.444 e. The fourth-order valence-electron chi connectivity index (χ4n) is 0.837. The predicted octanol–water partition coefficient (Wildman–Crippen LogP) is 2.85. The second-order valence-corrected chi connectivity index (χ2v) is 4.45. The van der Waals surface area contributed by atoms with Crippen molar-refractivity contribution >= 4 is 6.09 Å². The van der Waals surface area contributed by atoms with Crippen LogP contribution in [0.1, 0.15) is 27.7 Å². The molecule has 0 aromatic rings. The first kappa shape index (κ1) is 14.9. The summed E-state index contributed by atoms with van der Waals surface area (Å²) in [7, 11) is 0. The highest BCUT2D eigenvalue weighted by molar-refractivity contribution is 5.67. The molecule has 0 aromatic heterocycles. The Morgan fingerprint density at radius 3 is 2.06 bits per heavy atom. The number of azide groups is 1. The van der Waals surface area contributed by atoms with Gasteiger partial charge in [-0.2, -0.15) is 0 Å². The Kier molecular flexibility index (Phi) is 5.11. The Balaban J connectivity index is 4.48. The Hall–Kier alpha value is -2.11. The summed E-state index contributed by atoms with van der Waals surface area (Å²) in [6, 6.07) is 0. The predicted molar refractivity (Wildman–Crippen MR) is 60.9 cm³/mol. The first-order valence-corrected chi connectivity index (χ1v) is 4.82. The van der Waals surface area contributed by atoms with Crippen LogP contribution in [0, 0.1) is 0 Å². The van der Waals surface area contributed by atoms with E-state index in [1.165, 1.54) is 6.92 Å². The molecule has 0 aliphatic heterocycles. The monoisotopic (exact) mass is 241 g/mol. The average Bonchev–Trinajstić information content (AvgIpc) is 2.13. The first-order chi connectivity index (χ1) is 7.72. The number of amides is 1. The highest BCUT2D eigenvalue weighted by Crippen LogP contribution is 2.12. The summed E-state index contributed by atoms with van der Waals surface area (Å²) in [4.78, 5) is 16.4. The van der Waals surface area contributed by atoms with Gasteiger partial charge in [0.1, 0.15) is 11.3 Å². The van der Waals surface area contributed by atoms with Crippen LogP contribution >= 0.6 is 0 Å². The molecule has 0 bridgehead atoms. The molecule has 0 saturated heterocycles. The molecule has 0 aliphatic carbocycles. The molecule has 0 atom stereocenters. The molecule has 0 fully saturated rings. The van der Waals surface area contributed by atoms with Crippen LogP contribution in [0.15, 0.2) is 10.2 Å². The number of hydrogen-bond acceptors (Lipinski definition) is 4. The minimum atomic E-state index is -1.39. The number of carbonyl (C=O) groups excluding carboxylic acids is 1. The molecule has 9 nitrogen and oxygen atoms in total. The molecule has 0 radical (unpaired) electrons. The van der Waals surface area contributed by atoms with Crippen LogP contribution in [-0.4, -0.2) is 23.9 Å². The van der Waals surface area contributed by atoms with E-state index in [4.69, 9.17) is 15.8 Å². The summed E-state index contributed by atoms with van der Waals surface area (Å²) in [5.74, 6) is 0. The van der Waals surface area contributed by atoms with Gasteiger partial charge in [-0.15, -0.1) is 0 Å². The zero-order valence-electron chi connectivity index (χ0n) is 10.2. The van der Waals surface area contributed by atoms with E-state index < -0.39 is 17.4 Å². The third-order valence-corrected chi connectivity index (χ3v) is 1.49. The molecule has 0 heterocycles. The summed E-state index contributed by atoms with van der Waals surface area (Å²) < 4.78 is 4.97. The first-order valence-electron chi connectivity index (χ1n) is 4.82. The lowest BCUT2D eigenvalue weighted by Gasteiger charge is -2.22. The number of nitrogens with one attached hydrogen (secondary N) is 1.